The van der Waals surface area contributed by atoms with E-state index in [2.05, 4.69) is 77.6 Å². The van der Waals surface area contributed by atoms with Gasteiger partial charge in [-0.15, -0.1) is 24.0 Å². The number of guanidine groups is 1. The van der Waals surface area contributed by atoms with Crippen LogP contribution in [0.5, 0.6) is 0 Å². The summed E-state index contributed by atoms with van der Waals surface area (Å²) in [5.74, 6) is 0.923. The van der Waals surface area contributed by atoms with Gasteiger partial charge in [0.1, 0.15) is 0 Å². The molecule has 31 heavy (non-hydrogen) atoms. The Bertz CT molecular complexity index is 693. The quantitative estimate of drug-likeness (QED) is 0.217. The van der Waals surface area contributed by atoms with Gasteiger partial charge in [0.2, 0.25) is 0 Å². The van der Waals surface area contributed by atoms with Gasteiger partial charge in [0.15, 0.2) is 5.96 Å². The van der Waals surface area contributed by atoms with E-state index < -0.39 is 0 Å². The number of anilines is 1. The number of nitrogens with one attached hydrogen (secondary N) is 2. The van der Waals surface area contributed by atoms with Crippen LogP contribution in [0.3, 0.4) is 0 Å². The van der Waals surface area contributed by atoms with E-state index in [9.17, 15) is 0 Å². The Hall–Kier alpha value is -1.32. The second-order valence-electron chi connectivity index (χ2n) is 8.42. The first kappa shape index (κ1) is 25.9. The Balaban J connectivity index is 0.00000341. The molecule has 1 aromatic carbocycles. The van der Waals surface area contributed by atoms with Gasteiger partial charge in [-0.05, 0) is 51.3 Å². The highest BCUT2D eigenvalue weighted by Gasteiger charge is 2.19. The first-order chi connectivity index (χ1) is 14.6. The highest BCUT2D eigenvalue weighted by Crippen LogP contribution is 2.19. The Labute approximate surface area is 205 Å². The SMILES string of the molecule is CCNC(=NCc1cccc(N2CC=CC2)c1)NC1CCN(CCOC(C)C)CC1.I. The molecule has 2 N–H and O–H groups in total. The number of nitrogens with zero attached hydrogens (tertiary/aromatic N) is 3. The fraction of sp³-hybridized carbons (Fsp3) is 0.625. The van der Waals surface area contributed by atoms with E-state index in [1.165, 1.54) is 11.3 Å². The molecule has 174 valence electrons. The van der Waals surface area contributed by atoms with E-state index in [0.29, 0.717) is 18.7 Å². The van der Waals surface area contributed by atoms with Gasteiger partial charge in [-0.3, -0.25) is 0 Å². The molecule has 0 amide bonds. The minimum absolute atomic E-state index is 0. The van der Waals surface area contributed by atoms with Crippen LogP contribution >= 0.6 is 24.0 Å². The first-order valence-corrected chi connectivity index (χ1v) is 11.5. The molecule has 1 fully saturated rings. The van der Waals surface area contributed by atoms with Gasteiger partial charge in [-0.2, -0.15) is 0 Å². The number of benzene rings is 1. The fourth-order valence-corrected chi connectivity index (χ4v) is 3.94. The lowest BCUT2D eigenvalue weighted by Crippen LogP contribution is -2.49. The number of hydrogen-bond acceptors (Lipinski definition) is 4. The smallest absolute Gasteiger partial charge is 0.191 e. The van der Waals surface area contributed by atoms with Crippen molar-refractivity contribution in [2.75, 3.05) is 50.8 Å². The molecule has 0 atom stereocenters. The number of aliphatic imine (C=N–C) groups is 1. The van der Waals surface area contributed by atoms with Gasteiger partial charge in [0.25, 0.3) is 0 Å². The van der Waals surface area contributed by atoms with Gasteiger partial charge in [0.05, 0.1) is 19.3 Å². The summed E-state index contributed by atoms with van der Waals surface area (Å²) in [5.41, 5.74) is 2.52. The maximum absolute atomic E-state index is 5.69. The summed E-state index contributed by atoms with van der Waals surface area (Å²) < 4.78 is 5.69. The minimum Gasteiger partial charge on any atom is -0.377 e. The maximum Gasteiger partial charge on any atom is 0.191 e. The van der Waals surface area contributed by atoms with E-state index >= 15 is 0 Å². The van der Waals surface area contributed by atoms with Crippen molar-refractivity contribution >= 4 is 35.6 Å². The minimum atomic E-state index is 0. The Morgan fingerprint density at radius 1 is 1.19 bits per heavy atom. The normalized spacial score (nSPS) is 17.8. The molecule has 2 aliphatic rings. The van der Waals surface area contributed by atoms with Crippen LogP contribution in [0.4, 0.5) is 5.69 Å². The summed E-state index contributed by atoms with van der Waals surface area (Å²) in [6, 6.07) is 9.23. The number of ether oxygens (including phenoxy) is 1. The van der Waals surface area contributed by atoms with Gasteiger partial charge in [-0.25, -0.2) is 4.99 Å². The number of halogens is 1. The molecule has 2 heterocycles. The van der Waals surface area contributed by atoms with Crippen molar-refractivity contribution < 1.29 is 4.74 Å². The molecule has 0 aromatic heterocycles. The monoisotopic (exact) mass is 541 g/mol. The van der Waals surface area contributed by atoms with Crippen molar-refractivity contribution in [3.8, 4) is 0 Å². The molecule has 0 bridgehead atoms. The van der Waals surface area contributed by atoms with Crippen LogP contribution in [-0.4, -0.2) is 68.9 Å². The molecule has 3 rings (SSSR count). The maximum atomic E-state index is 5.69. The Kier molecular flexibility index (Phi) is 11.7. The van der Waals surface area contributed by atoms with Crippen molar-refractivity contribution in [1.82, 2.24) is 15.5 Å². The van der Waals surface area contributed by atoms with Crippen molar-refractivity contribution in [2.45, 2.75) is 52.3 Å². The topological polar surface area (TPSA) is 52.1 Å². The number of likely N-dealkylation sites (tertiary alicyclic amines) is 1. The van der Waals surface area contributed by atoms with Crippen molar-refractivity contribution in [3.63, 3.8) is 0 Å². The van der Waals surface area contributed by atoms with Crippen LogP contribution in [0, 0.1) is 0 Å². The van der Waals surface area contributed by atoms with E-state index in [0.717, 1.165) is 64.7 Å². The average Bonchev–Trinajstić information content (AvgIpc) is 3.28. The Morgan fingerprint density at radius 2 is 1.94 bits per heavy atom. The third-order valence-electron chi connectivity index (χ3n) is 5.65. The van der Waals surface area contributed by atoms with Crippen molar-refractivity contribution in [2.24, 2.45) is 4.99 Å². The van der Waals surface area contributed by atoms with Crippen molar-refractivity contribution in [1.29, 1.82) is 0 Å². The second-order valence-corrected chi connectivity index (χ2v) is 8.42. The molecule has 1 saturated heterocycles. The third-order valence-corrected chi connectivity index (χ3v) is 5.65. The fourth-order valence-electron chi connectivity index (χ4n) is 3.94. The molecule has 0 saturated carbocycles. The molecule has 0 radical (unpaired) electrons. The summed E-state index contributed by atoms with van der Waals surface area (Å²) >= 11 is 0. The molecular formula is C24H40IN5O. The molecule has 0 aliphatic carbocycles. The zero-order valence-electron chi connectivity index (χ0n) is 19.3. The van der Waals surface area contributed by atoms with Crippen LogP contribution in [0.25, 0.3) is 0 Å². The molecule has 7 heteroatoms. The molecule has 1 aromatic rings. The highest BCUT2D eigenvalue weighted by atomic mass is 127. The summed E-state index contributed by atoms with van der Waals surface area (Å²) in [6.45, 7) is 14.0. The molecule has 0 spiro atoms. The van der Waals surface area contributed by atoms with Gasteiger partial charge >= 0.3 is 0 Å². The standard InChI is InChI=1S/C24H39N5O.HI/c1-4-25-24(27-22-10-14-28(15-11-22)16-17-30-20(2)3)26-19-21-8-7-9-23(18-21)29-12-5-6-13-29;/h5-9,18,20,22H,4,10-17,19H2,1-3H3,(H2,25,26,27);1H. The van der Waals surface area contributed by atoms with E-state index in [1.807, 2.05) is 0 Å². The number of piperidine rings is 1. The molecule has 6 nitrogen and oxygen atoms in total. The average molecular weight is 542 g/mol. The third kappa shape index (κ3) is 8.98. The van der Waals surface area contributed by atoms with E-state index in [1.54, 1.807) is 0 Å². The highest BCUT2D eigenvalue weighted by molar-refractivity contribution is 14.0. The van der Waals surface area contributed by atoms with Crippen LogP contribution in [0.1, 0.15) is 39.2 Å². The van der Waals surface area contributed by atoms with E-state index in [-0.39, 0.29) is 24.0 Å². The number of rotatable bonds is 9. The zero-order chi connectivity index (χ0) is 21.2. The zero-order valence-corrected chi connectivity index (χ0v) is 21.7. The van der Waals surface area contributed by atoms with Crippen molar-refractivity contribution in [3.05, 3.63) is 42.0 Å². The largest absolute Gasteiger partial charge is 0.377 e. The van der Waals surface area contributed by atoms with Gasteiger partial charge in [-0.1, -0.05) is 24.3 Å². The van der Waals surface area contributed by atoms with Gasteiger partial charge in [0, 0.05) is 51.0 Å². The summed E-state index contributed by atoms with van der Waals surface area (Å²) in [4.78, 5) is 9.74. The second kappa shape index (κ2) is 14.0. The molecule has 2 aliphatic heterocycles. The van der Waals surface area contributed by atoms with E-state index in [4.69, 9.17) is 9.73 Å². The summed E-state index contributed by atoms with van der Waals surface area (Å²) in [7, 11) is 0. The lowest BCUT2D eigenvalue weighted by molar-refractivity contribution is 0.0532. The summed E-state index contributed by atoms with van der Waals surface area (Å²) in [6.07, 6.45) is 7.05. The predicted molar refractivity (Wildman–Crippen MR) is 142 cm³/mol. The summed E-state index contributed by atoms with van der Waals surface area (Å²) in [5, 5.41) is 7.06. The number of hydrogen-bond donors (Lipinski definition) is 2. The predicted octanol–water partition coefficient (Wildman–Crippen LogP) is 3.63. The van der Waals surface area contributed by atoms with Crippen LogP contribution in [-0.2, 0) is 11.3 Å². The van der Waals surface area contributed by atoms with Crippen LogP contribution in [0.15, 0.2) is 41.4 Å². The van der Waals surface area contributed by atoms with Gasteiger partial charge < -0.3 is 25.2 Å². The lowest BCUT2D eigenvalue weighted by Gasteiger charge is -2.33. The van der Waals surface area contributed by atoms with Crippen LogP contribution in [0.2, 0.25) is 0 Å². The lowest BCUT2D eigenvalue weighted by atomic mass is 10.1. The van der Waals surface area contributed by atoms with Crippen LogP contribution < -0.4 is 15.5 Å². The molecule has 0 unspecified atom stereocenters. The first-order valence-electron chi connectivity index (χ1n) is 11.5. The Morgan fingerprint density at radius 3 is 2.61 bits per heavy atom. The molecular weight excluding hydrogens is 501 g/mol.